The van der Waals surface area contributed by atoms with Gasteiger partial charge in [0.05, 0.1) is 0 Å². The molecule has 0 aliphatic heterocycles. The summed E-state index contributed by atoms with van der Waals surface area (Å²) in [5.74, 6) is 0. The predicted molar refractivity (Wildman–Crippen MR) is 61.8 cm³/mol. The smallest absolute Gasteiger partial charge is 0.207 e. The molecule has 0 aromatic rings. The van der Waals surface area contributed by atoms with Crippen LogP contribution in [0.25, 0.3) is 0 Å². The third-order valence-corrected chi connectivity index (χ3v) is 5.06. The monoisotopic (exact) mass is 200 g/mol. The molecule has 2 atom stereocenters. The first kappa shape index (κ1) is 11.1. The summed E-state index contributed by atoms with van der Waals surface area (Å²) in [6, 6.07) is 0. The van der Waals surface area contributed by atoms with Crippen LogP contribution >= 0.6 is 11.8 Å². The van der Waals surface area contributed by atoms with Gasteiger partial charge in [-0.05, 0) is 12.7 Å². The second kappa shape index (κ2) is 3.30. The molecule has 1 fully saturated rings. The van der Waals surface area contributed by atoms with Crippen molar-refractivity contribution in [3.63, 3.8) is 0 Å². The normalized spacial score (nSPS) is 40.2. The minimum atomic E-state index is 0.412. The Hall–Kier alpha value is 0.0200. The Kier molecular flexibility index (Phi) is 2.82. The Labute approximate surface area is 86.6 Å². The van der Waals surface area contributed by atoms with E-state index in [0.29, 0.717) is 11.0 Å². The maximum atomic E-state index is 2.46. The molecule has 1 aliphatic rings. The summed E-state index contributed by atoms with van der Waals surface area (Å²) in [6.45, 7) is 9.30. The van der Waals surface area contributed by atoms with Crippen molar-refractivity contribution in [1.82, 2.24) is 0 Å². The molecule has 1 rings (SSSR count). The zero-order valence-corrected chi connectivity index (χ0v) is 10.6. The van der Waals surface area contributed by atoms with E-state index in [2.05, 4.69) is 45.6 Å². The standard InChI is InChI=1S/C11H22NS/c1-7-10(3)8-11(10,4)12(5)9(2)13-6/h7-8H2,1-6H3/q+1/b12-9-. The van der Waals surface area contributed by atoms with E-state index in [4.69, 9.17) is 0 Å². The lowest BCUT2D eigenvalue weighted by atomic mass is 10.00. The van der Waals surface area contributed by atoms with Crippen molar-refractivity contribution < 1.29 is 4.58 Å². The molecule has 0 aromatic carbocycles. The maximum Gasteiger partial charge on any atom is 0.207 e. The summed E-state index contributed by atoms with van der Waals surface area (Å²) in [4.78, 5) is 0. The van der Waals surface area contributed by atoms with Gasteiger partial charge in [0, 0.05) is 25.7 Å². The Balaban J connectivity index is 2.88. The van der Waals surface area contributed by atoms with Crippen molar-refractivity contribution in [3.8, 4) is 0 Å². The van der Waals surface area contributed by atoms with Gasteiger partial charge in [-0.3, -0.25) is 0 Å². The highest BCUT2D eigenvalue weighted by Crippen LogP contribution is 2.60. The second-order valence-electron chi connectivity index (χ2n) is 4.65. The third-order valence-electron chi connectivity index (χ3n) is 4.20. The SMILES string of the molecule is CCC1(C)CC1(C)/[N+](C)=C(/C)SC. The summed E-state index contributed by atoms with van der Waals surface area (Å²) >= 11 is 1.85. The number of thioether (sulfide) groups is 1. The lowest BCUT2D eigenvalue weighted by molar-refractivity contribution is -0.555. The Morgan fingerprint density at radius 2 is 2.00 bits per heavy atom. The van der Waals surface area contributed by atoms with Gasteiger partial charge in [0.1, 0.15) is 7.05 Å². The topological polar surface area (TPSA) is 3.01 Å². The fourth-order valence-electron chi connectivity index (χ4n) is 2.23. The van der Waals surface area contributed by atoms with E-state index in [9.17, 15) is 0 Å². The Morgan fingerprint density at radius 1 is 1.46 bits per heavy atom. The van der Waals surface area contributed by atoms with Crippen LogP contribution in [0.3, 0.4) is 0 Å². The zero-order chi connectivity index (χ0) is 10.3. The molecular formula is C11H22NS+. The molecule has 1 nitrogen and oxygen atoms in total. The van der Waals surface area contributed by atoms with Gasteiger partial charge >= 0.3 is 0 Å². The first-order valence-corrected chi connectivity index (χ1v) is 6.25. The van der Waals surface area contributed by atoms with Gasteiger partial charge in [-0.15, -0.1) is 0 Å². The third kappa shape index (κ3) is 1.54. The van der Waals surface area contributed by atoms with Gasteiger partial charge < -0.3 is 0 Å². The fourth-order valence-corrected chi connectivity index (χ4v) is 2.70. The molecule has 1 saturated carbocycles. The minimum absolute atomic E-state index is 0.412. The number of rotatable bonds is 2. The second-order valence-corrected chi connectivity index (χ2v) is 5.65. The minimum Gasteiger partial charge on any atom is -0.225 e. The highest BCUT2D eigenvalue weighted by atomic mass is 32.2. The van der Waals surface area contributed by atoms with Gasteiger partial charge in [0.2, 0.25) is 5.04 Å². The van der Waals surface area contributed by atoms with E-state index in [1.165, 1.54) is 17.9 Å². The average Bonchev–Trinajstić information content (AvgIpc) is 2.69. The molecule has 0 radical (unpaired) electrons. The molecule has 0 saturated heterocycles. The molecule has 0 bridgehead atoms. The summed E-state index contributed by atoms with van der Waals surface area (Å²) < 4.78 is 2.46. The fraction of sp³-hybridized carbons (Fsp3) is 0.909. The lowest BCUT2D eigenvalue weighted by Crippen LogP contribution is -2.30. The molecule has 13 heavy (non-hydrogen) atoms. The van der Waals surface area contributed by atoms with Crippen LogP contribution in [0.1, 0.15) is 40.5 Å². The van der Waals surface area contributed by atoms with E-state index >= 15 is 0 Å². The van der Waals surface area contributed by atoms with E-state index in [0.717, 1.165) is 0 Å². The summed E-state index contributed by atoms with van der Waals surface area (Å²) in [5.41, 5.74) is 0.952. The first-order valence-electron chi connectivity index (χ1n) is 5.02. The predicted octanol–water partition coefficient (Wildman–Crippen LogP) is 2.99. The largest absolute Gasteiger partial charge is 0.225 e. The van der Waals surface area contributed by atoms with Gasteiger partial charge in [-0.25, -0.2) is 4.58 Å². The van der Waals surface area contributed by atoms with Crippen molar-refractivity contribution >= 4 is 16.8 Å². The molecule has 0 amide bonds. The van der Waals surface area contributed by atoms with Crippen LogP contribution in [0.5, 0.6) is 0 Å². The zero-order valence-electron chi connectivity index (χ0n) is 9.77. The van der Waals surface area contributed by atoms with Gasteiger partial charge in [-0.1, -0.05) is 25.6 Å². The number of nitrogens with zero attached hydrogens (tertiary/aromatic N) is 1. The summed E-state index contributed by atoms with van der Waals surface area (Å²) in [6.07, 6.45) is 4.78. The van der Waals surface area contributed by atoms with Crippen molar-refractivity contribution in [1.29, 1.82) is 0 Å². The molecule has 2 unspecified atom stereocenters. The summed E-state index contributed by atoms with van der Waals surface area (Å²) in [5, 5.41) is 1.43. The molecule has 1 aliphatic carbocycles. The number of hydrogen-bond donors (Lipinski definition) is 0. The average molecular weight is 200 g/mol. The highest BCUT2D eigenvalue weighted by Gasteiger charge is 2.68. The molecule has 2 heteroatoms. The van der Waals surface area contributed by atoms with Crippen molar-refractivity contribution in [3.05, 3.63) is 0 Å². The highest BCUT2D eigenvalue weighted by molar-refractivity contribution is 8.13. The van der Waals surface area contributed by atoms with E-state index < -0.39 is 0 Å². The molecule has 0 heterocycles. The molecular weight excluding hydrogens is 178 g/mol. The van der Waals surface area contributed by atoms with Crippen LogP contribution in [0.4, 0.5) is 0 Å². The van der Waals surface area contributed by atoms with Crippen molar-refractivity contribution in [2.24, 2.45) is 5.41 Å². The van der Waals surface area contributed by atoms with Crippen molar-refractivity contribution in [2.75, 3.05) is 13.3 Å². The molecule has 0 spiro atoms. The quantitative estimate of drug-likeness (QED) is 0.376. The van der Waals surface area contributed by atoms with Gasteiger partial charge in [0.25, 0.3) is 0 Å². The molecule has 0 aromatic heterocycles. The number of hydrogen-bond acceptors (Lipinski definition) is 1. The summed E-state index contributed by atoms with van der Waals surface area (Å²) in [7, 11) is 2.23. The Morgan fingerprint density at radius 3 is 2.31 bits per heavy atom. The van der Waals surface area contributed by atoms with Gasteiger partial charge in [0.15, 0.2) is 5.54 Å². The molecule has 76 valence electrons. The van der Waals surface area contributed by atoms with Crippen molar-refractivity contribution in [2.45, 2.75) is 46.1 Å². The van der Waals surface area contributed by atoms with Crippen LogP contribution in [-0.4, -0.2) is 28.5 Å². The van der Waals surface area contributed by atoms with E-state index in [-0.39, 0.29) is 0 Å². The van der Waals surface area contributed by atoms with E-state index in [1.807, 2.05) is 11.8 Å². The van der Waals surface area contributed by atoms with Crippen LogP contribution < -0.4 is 0 Å². The van der Waals surface area contributed by atoms with Crippen LogP contribution in [0, 0.1) is 5.41 Å². The maximum absolute atomic E-state index is 2.46. The van der Waals surface area contributed by atoms with E-state index in [1.54, 1.807) is 0 Å². The van der Waals surface area contributed by atoms with Crippen LogP contribution in [-0.2, 0) is 0 Å². The molecule has 0 N–H and O–H groups in total. The lowest BCUT2D eigenvalue weighted by Gasteiger charge is -2.14. The Bertz CT molecular complexity index is 246. The van der Waals surface area contributed by atoms with Gasteiger partial charge in [-0.2, -0.15) is 0 Å². The van der Waals surface area contributed by atoms with Crippen LogP contribution in [0.2, 0.25) is 0 Å². The van der Waals surface area contributed by atoms with Crippen LogP contribution in [0.15, 0.2) is 0 Å². The first-order chi connectivity index (χ1) is 5.91.